The van der Waals surface area contributed by atoms with Crippen LogP contribution < -0.4 is 0 Å². The molecule has 2 atom stereocenters. The minimum absolute atomic E-state index is 0.347. The van der Waals surface area contributed by atoms with Crippen LogP contribution in [0.4, 0.5) is 0 Å². The van der Waals surface area contributed by atoms with Crippen molar-refractivity contribution in [1.29, 1.82) is 0 Å². The molecular weight excluding hydrogens is 246 g/mol. The second-order valence-corrected chi connectivity index (χ2v) is 7.32. The van der Waals surface area contributed by atoms with Crippen LogP contribution in [0, 0.1) is 5.92 Å². The van der Waals surface area contributed by atoms with Gasteiger partial charge in [0.05, 0.1) is 5.60 Å². The van der Waals surface area contributed by atoms with Crippen LogP contribution in [0.2, 0.25) is 0 Å². The van der Waals surface area contributed by atoms with E-state index in [-0.39, 0.29) is 5.60 Å². The van der Waals surface area contributed by atoms with Crippen molar-refractivity contribution in [1.82, 2.24) is 4.90 Å². The molecule has 1 saturated carbocycles. The Bertz CT molecular complexity index is 454. The van der Waals surface area contributed by atoms with Crippen molar-refractivity contribution in [3.05, 3.63) is 35.9 Å². The third-order valence-corrected chi connectivity index (χ3v) is 5.58. The standard InChI is InChI=1S/C18H25NO/c20-18(10-14-6-7-14)11-16-8-9-17(12-18)19(16)13-15-4-2-1-3-5-15/h1-5,14,16-17,20H,6-13H2. The van der Waals surface area contributed by atoms with Gasteiger partial charge in [-0.1, -0.05) is 43.2 Å². The van der Waals surface area contributed by atoms with Crippen molar-refractivity contribution in [2.75, 3.05) is 0 Å². The first kappa shape index (κ1) is 12.8. The Morgan fingerprint density at radius 1 is 1.00 bits per heavy atom. The maximum atomic E-state index is 10.9. The Morgan fingerprint density at radius 2 is 1.65 bits per heavy atom. The Labute approximate surface area is 121 Å². The molecule has 2 aliphatic heterocycles. The lowest BCUT2D eigenvalue weighted by molar-refractivity contribution is -0.0630. The van der Waals surface area contributed by atoms with Crippen molar-refractivity contribution in [3.63, 3.8) is 0 Å². The molecule has 2 saturated heterocycles. The highest BCUT2D eigenvalue weighted by atomic mass is 16.3. The molecule has 0 spiro atoms. The van der Waals surface area contributed by atoms with Gasteiger partial charge in [-0.3, -0.25) is 4.90 Å². The van der Waals surface area contributed by atoms with E-state index >= 15 is 0 Å². The van der Waals surface area contributed by atoms with E-state index in [1.807, 2.05) is 0 Å². The van der Waals surface area contributed by atoms with Crippen LogP contribution in [0.3, 0.4) is 0 Å². The number of hydrogen-bond donors (Lipinski definition) is 1. The number of fused-ring (bicyclic) bond motifs is 2. The van der Waals surface area contributed by atoms with E-state index in [0.29, 0.717) is 12.1 Å². The fraction of sp³-hybridized carbons (Fsp3) is 0.667. The summed E-state index contributed by atoms with van der Waals surface area (Å²) in [6.07, 6.45) is 8.35. The Balaban J connectivity index is 1.46. The van der Waals surface area contributed by atoms with E-state index in [9.17, 15) is 5.11 Å². The Hall–Kier alpha value is -0.860. The third kappa shape index (κ3) is 2.51. The summed E-state index contributed by atoms with van der Waals surface area (Å²) in [7, 11) is 0. The van der Waals surface area contributed by atoms with Gasteiger partial charge in [-0.25, -0.2) is 0 Å². The predicted molar refractivity (Wildman–Crippen MR) is 80.3 cm³/mol. The van der Waals surface area contributed by atoms with Gasteiger partial charge in [0, 0.05) is 18.6 Å². The summed E-state index contributed by atoms with van der Waals surface area (Å²) >= 11 is 0. The van der Waals surface area contributed by atoms with Gasteiger partial charge >= 0.3 is 0 Å². The van der Waals surface area contributed by atoms with Gasteiger partial charge in [-0.15, -0.1) is 0 Å². The highest BCUT2D eigenvalue weighted by Crippen LogP contribution is 2.47. The molecule has 2 heterocycles. The van der Waals surface area contributed by atoms with Crippen molar-refractivity contribution >= 4 is 0 Å². The molecule has 2 heteroatoms. The number of hydrogen-bond acceptors (Lipinski definition) is 2. The lowest BCUT2D eigenvalue weighted by atomic mass is 9.82. The van der Waals surface area contributed by atoms with E-state index < -0.39 is 0 Å². The fourth-order valence-corrected chi connectivity index (χ4v) is 4.49. The van der Waals surface area contributed by atoms with Gasteiger partial charge in [0.2, 0.25) is 0 Å². The largest absolute Gasteiger partial charge is 0.390 e. The molecule has 3 aliphatic rings. The first-order chi connectivity index (χ1) is 9.72. The molecule has 108 valence electrons. The summed E-state index contributed by atoms with van der Waals surface area (Å²) in [6.45, 7) is 1.07. The summed E-state index contributed by atoms with van der Waals surface area (Å²) in [5.41, 5.74) is 1.07. The average Bonchev–Trinajstić information content (AvgIpc) is 3.20. The van der Waals surface area contributed by atoms with Gasteiger partial charge in [-0.2, -0.15) is 0 Å². The van der Waals surface area contributed by atoms with E-state index in [0.717, 1.165) is 31.7 Å². The summed E-state index contributed by atoms with van der Waals surface area (Å²) < 4.78 is 0. The second kappa shape index (κ2) is 4.85. The molecule has 2 nitrogen and oxygen atoms in total. The fourth-order valence-electron chi connectivity index (χ4n) is 4.49. The number of piperidine rings is 1. The minimum Gasteiger partial charge on any atom is -0.390 e. The third-order valence-electron chi connectivity index (χ3n) is 5.58. The molecular formula is C18H25NO. The highest BCUT2D eigenvalue weighted by molar-refractivity contribution is 5.16. The Kier molecular flexibility index (Phi) is 3.12. The normalized spacial score (nSPS) is 37.2. The zero-order chi connectivity index (χ0) is 13.6. The minimum atomic E-state index is -0.347. The van der Waals surface area contributed by atoms with Gasteiger partial charge in [0.25, 0.3) is 0 Å². The molecule has 2 bridgehead atoms. The molecule has 0 radical (unpaired) electrons. The quantitative estimate of drug-likeness (QED) is 0.908. The Morgan fingerprint density at radius 3 is 2.25 bits per heavy atom. The summed E-state index contributed by atoms with van der Waals surface area (Å²) in [5.74, 6) is 0.833. The molecule has 0 aromatic heterocycles. The van der Waals surface area contributed by atoms with E-state index in [2.05, 4.69) is 35.2 Å². The maximum Gasteiger partial charge on any atom is 0.0680 e. The van der Waals surface area contributed by atoms with Gasteiger partial charge < -0.3 is 5.11 Å². The average molecular weight is 271 g/mol. The van der Waals surface area contributed by atoms with E-state index in [1.54, 1.807) is 0 Å². The van der Waals surface area contributed by atoms with Crippen molar-refractivity contribution < 1.29 is 5.11 Å². The SMILES string of the molecule is OC1(CC2CC2)CC2CCC(C1)N2Cc1ccccc1. The van der Waals surface area contributed by atoms with Crippen LogP contribution in [-0.2, 0) is 6.54 Å². The molecule has 20 heavy (non-hydrogen) atoms. The monoisotopic (exact) mass is 271 g/mol. The predicted octanol–water partition coefficient (Wildman–Crippen LogP) is 3.34. The summed E-state index contributed by atoms with van der Waals surface area (Å²) in [5, 5.41) is 10.9. The second-order valence-electron chi connectivity index (χ2n) is 7.32. The zero-order valence-corrected chi connectivity index (χ0v) is 12.2. The molecule has 1 aromatic rings. The smallest absolute Gasteiger partial charge is 0.0680 e. The van der Waals surface area contributed by atoms with Crippen molar-refractivity contribution in [2.45, 2.75) is 69.2 Å². The van der Waals surface area contributed by atoms with Gasteiger partial charge in [-0.05, 0) is 43.6 Å². The van der Waals surface area contributed by atoms with Crippen molar-refractivity contribution in [3.8, 4) is 0 Å². The molecule has 3 fully saturated rings. The topological polar surface area (TPSA) is 23.5 Å². The van der Waals surface area contributed by atoms with Gasteiger partial charge in [0.1, 0.15) is 0 Å². The maximum absolute atomic E-state index is 10.9. The molecule has 1 aliphatic carbocycles. The summed E-state index contributed by atoms with van der Waals surface area (Å²) in [6, 6.07) is 12.0. The summed E-state index contributed by atoms with van der Waals surface area (Å²) in [4.78, 5) is 2.66. The highest BCUT2D eigenvalue weighted by Gasteiger charge is 2.48. The van der Waals surface area contributed by atoms with E-state index in [4.69, 9.17) is 0 Å². The molecule has 0 amide bonds. The van der Waals surface area contributed by atoms with Crippen LogP contribution in [0.25, 0.3) is 0 Å². The van der Waals surface area contributed by atoms with Crippen LogP contribution in [0.15, 0.2) is 30.3 Å². The molecule has 1 aromatic carbocycles. The number of nitrogens with zero attached hydrogens (tertiary/aromatic N) is 1. The lowest BCUT2D eigenvalue weighted by Gasteiger charge is -2.44. The van der Waals surface area contributed by atoms with E-state index in [1.165, 1.54) is 31.2 Å². The van der Waals surface area contributed by atoms with Crippen LogP contribution in [0.5, 0.6) is 0 Å². The molecule has 4 rings (SSSR count). The first-order valence-corrected chi connectivity index (χ1v) is 8.24. The van der Waals surface area contributed by atoms with Crippen LogP contribution in [-0.4, -0.2) is 27.7 Å². The lowest BCUT2D eigenvalue weighted by Crippen LogP contribution is -2.50. The number of benzene rings is 1. The first-order valence-electron chi connectivity index (χ1n) is 8.24. The number of aliphatic hydroxyl groups is 1. The molecule has 2 unspecified atom stereocenters. The molecule has 1 N–H and O–H groups in total. The van der Waals surface area contributed by atoms with Crippen LogP contribution >= 0.6 is 0 Å². The van der Waals surface area contributed by atoms with Crippen LogP contribution in [0.1, 0.15) is 50.5 Å². The van der Waals surface area contributed by atoms with Crippen molar-refractivity contribution in [2.24, 2.45) is 5.92 Å². The van der Waals surface area contributed by atoms with Gasteiger partial charge in [0.15, 0.2) is 0 Å². The zero-order valence-electron chi connectivity index (χ0n) is 12.2. The number of rotatable bonds is 4.